The van der Waals surface area contributed by atoms with Crippen LogP contribution >= 0.6 is 0 Å². The Labute approximate surface area is 455 Å². The molecule has 0 saturated heterocycles. The van der Waals surface area contributed by atoms with E-state index in [-0.39, 0.29) is 16.8 Å². The van der Waals surface area contributed by atoms with E-state index < -0.39 is 48.0 Å². The van der Waals surface area contributed by atoms with Crippen molar-refractivity contribution in [1.82, 2.24) is 19.9 Å². The van der Waals surface area contributed by atoms with Crippen LogP contribution in [0.25, 0.3) is 90.9 Å². The maximum absolute atomic E-state index is 13.7. The predicted molar refractivity (Wildman–Crippen MR) is 299 cm³/mol. The summed E-state index contributed by atoms with van der Waals surface area (Å²) < 4.78 is 21.7. The fraction of sp³-hybridized carbons (Fsp3) is 0.200. The molecule has 2 aliphatic heterocycles. The van der Waals surface area contributed by atoms with Gasteiger partial charge in [0.25, 0.3) is 23.6 Å². The van der Waals surface area contributed by atoms with Gasteiger partial charge in [0.15, 0.2) is 0 Å². The number of fused-ring (bicyclic) bond motifs is 8. The summed E-state index contributed by atoms with van der Waals surface area (Å²) in [6.07, 6.45) is 4.27. The minimum absolute atomic E-state index is 0. The number of carbonyl (C=O) groups excluding carboxylic acids is 4. The number of nitrogens with zero attached hydrogens (tertiary/aromatic N) is 4. The number of aromatic nitrogens is 4. The van der Waals surface area contributed by atoms with Crippen LogP contribution < -0.4 is 31.2 Å². The number of ether oxygens (including phenoxy) is 4. The van der Waals surface area contributed by atoms with Crippen LogP contribution in [0.2, 0.25) is 0 Å². The second kappa shape index (κ2) is 24.1. The Hall–Kier alpha value is -8.29. The molecule has 0 fully saturated rings. The largest absolute Gasteiger partial charge is 2.00 e. The smallest absolute Gasteiger partial charge is 0.657 e. The Balaban J connectivity index is 0.00000784. The van der Waals surface area contributed by atoms with Crippen LogP contribution in [0, 0.1) is 0 Å². The van der Waals surface area contributed by atoms with Crippen molar-refractivity contribution in [2.24, 2.45) is 0 Å². The Morgan fingerprint density at radius 1 is 0.364 bits per heavy atom. The number of nitrogens with one attached hydrogen (secondary N) is 4. The monoisotopic (exact) mass is 1080 g/mol. The van der Waals surface area contributed by atoms with Gasteiger partial charge in [-0.25, -0.2) is 9.97 Å². The fourth-order valence-corrected chi connectivity index (χ4v) is 8.83. The van der Waals surface area contributed by atoms with Crippen molar-refractivity contribution in [2.45, 2.75) is 52.1 Å². The predicted octanol–water partition coefficient (Wildman–Crippen LogP) is 10.5. The third-order valence-electron chi connectivity index (χ3n) is 13.3. The molecule has 4 N–H and O–H groups in total. The second-order valence-electron chi connectivity index (χ2n) is 18.0. The first-order chi connectivity index (χ1) is 36.8. The quantitative estimate of drug-likeness (QED) is 0.0713. The first-order valence-corrected chi connectivity index (χ1v) is 24.6. The zero-order valence-corrected chi connectivity index (χ0v) is 44.6. The normalized spacial score (nSPS) is 13.2. The minimum atomic E-state index is -0.821. The summed E-state index contributed by atoms with van der Waals surface area (Å²) >= 11 is 0. The average molecular weight is 1080 g/mol. The second-order valence-corrected chi connectivity index (χ2v) is 18.0. The van der Waals surface area contributed by atoms with E-state index in [2.05, 4.69) is 21.3 Å². The van der Waals surface area contributed by atoms with Crippen LogP contribution in [-0.2, 0) is 54.9 Å². The molecule has 5 heterocycles. The zero-order valence-electron chi connectivity index (χ0n) is 43.6. The number of anilines is 4. The van der Waals surface area contributed by atoms with E-state index in [0.717, 1.165) is 11.1 Å². The molecule has 0 aliphatic carbocycles. The first kappa shape index (κ1) is 55.0. The van der Waals surface area contributed by atoms with Crippen molar-refractivity contribution < 1.29 is 54.9 Å². The molecule has 4 atom stereocenters. The molecule has 9 rings (SSSR count). The number of methoxy groups -OCH3 is 4. The molecule has 4 amide bonds. The van der Waals surface area contributed by atoms with Crippen LogP contribution in [-0.4, -0.2) is 86.5 Å². The van der Waals surface area contributed by atoms with Crippen LogP contribution in [0.4, 0.5) is 22.7 Å². The van der Waals surface area contributed by atoms with Gasteiger partial charge in [-0.3, -0.25) is 19.2 Å². The van der Waals surface area contributed by atoms with E-state index in [1.165, 1.54) is 28.4 Å². The molecule has 3 aromatic heterocycles. The molecule has 17 heteroatoms. The number of benzene rings is 4. The van der Waals surface area contributed by atoms with E-state index >= 15 is 0 Å². The van der Waals surface area contributed by atoms with Crippen molar-refractivity contribution in [3.8, 4) is 44.5 Å². The number of hydrogen-bond donors (Lipinski definition) is 4. The summed E-state index contributed by atoms with van der Waals surface area (Å²) in [5.41, 5.74) is 10.3. The number of amides is 4. The molecule has 7 aromatic rings. The number of hydrogen-bond acceptors (Lipinski definition) is 10. The molecule has 16 nitrogen and oxygen atoms in total. The van der Waals surface area contributed by atoms with Gasteiger partial charge in [0, 0.05) is 39.6 Å². The van der Waals surface area contributed by atoms with Crippen LogP contribution in [0.1, 0.15) is 50.5 Å². The number of carbonyl (C=O) groups is 4. The molecular weight excluding hydrogens is 1020 g/mol. The van der Waals surface area contributed by atoms with Gasteiger partial charge >= 0.3 is 16.8 Å². The van der Waals surface area contributed by atoms with Crippen molar-refractivity contribution in [1.29, 1.82) is 0 Å². The summed E-state index contributed by atoms with van der Waals surface area (Å²) in [4.78, 5) is 76.6. The molecule has 2 aliphatic rings. The van der Waals surface area contributed by atoms with E-state index in [4.69, 9.17) is 38.9 Å². The average Bonchev–Trinajstić information content (AvgIpc) is 4.31. The van der Waals surface area contributed by atoms with Crippen molar-refractivity contribution >= 4 is 92.7 Å². The van der Waals surface area contributed by atoms with Crippen molar-refractivity contribution in [3.63, 3.8) is 0 Å². The van der Waals surface area contributed by atoms with E-state index in [1.54, 1.807) is 64.1 Å². The molecule has 0 saturated carbocycles. The van der Waals surface area contributed by atoms with Gasteiger partial charge in [0.05, 0.1) is 45.5 Å². The number of rotatable bonds is 16. The summed E-state index contributed by atoms with van der Waals surface area (Å²) in [5.74, 6) is -1.67. The van der Waals surface area contributed by atoms with Gasteiger partial charge in [0.1, 0.15) is 24.4 Å². The first-order valence-electron chi connectivity index (χ1n) is 24.6. The van der Waals surface area contributed by atoms with Gasteiger partial charge in [-0.15, -0.1) is 22.1 Å². The zero-order chi connectivity index (χ0) is 53.6. The molecule has 8 bridgehead atoms. The van der Waals surface area contributed by atoms with E-state index in [0.29, 0.717) is 101 Å². The third kappa shape index (κ3) is 11.5. The summed E-state index contributed by atoms with van der Waals surface area (Å²) in [7, 11) is 5.82. The topological polar surface area (TPSA) is 207 Å². The fourth-order valence-electron chi connectivity index (χ4n) is 8.83. The Morgan fingerprint density at radius 2 is 0.623 bits per heavy atom. The standard InChI is InChI=1S/C60H58N8O8.Co/c1-33(73-5)57(69)65-39-21-15-22-40(66-58(70)34(2)74-6)53(39)55-47-29-25-43(61-47)51(37-17-11-9-12-18-37)45-27-31-49(63-45)56(50-32-28-46(64-50)52(38-19-13-10-14-20-38)44-26-30-48(55)62-44)54-41(67-59(71)35(3)75-7)23-16-24-42(54)68-60(72)36(4)76-8;/h9-36H,1-8H3,(H6,61,62,63,64,65,66,67,68,69,70,71,72);/q;+2/p-2/t33-,34+,35-,36+;. The Morgan fingerprint density at radius 3 is 0.896 bits per heavy atom. The van der Waals surface area contributed by atoms with Gasteiger partial charge in [-0.05, 0) is 110 Å². The van der Waals surface area contributed by atoms with Crippen molar-refractivity contribution in [3.05, 3.63) is 144 Å². The van der Waals surface area contributed by atoms with Crippen LogP contribution in [0.3, 0.4) is 0 Å². The molecule has 1 radical (unpaired) electrons. The molecular formula is C60H56CoN8O8. The molecule has 0 unspecified atom stereocenters. The Bertz CT molecular complexity index is 3290. The molecule has 4 aromatic carbocycles. The van der Waals surface area contributed by atoms with Crippen molar-refractivity contribution in [2.75, 3.05) is 49.7 Å². The van der Waals surface area contributed by atoms with E-state index in [1.807, 2.05) is 109 Å². The van der Waals surface area contributed by atoms with Gasteiger partial charge in [-0.1, -0.05) is 97.1 Å². The van der Waals surface area contributed by atoms with Gasteiger partial charge in [0.2, 0.25) is 0 Å². The molecule has 393 valence electrons. The SMILES string of the molecule is CO[C@@H](C)C(=O)Nc1cccc(NC(=O)[C@@H](C)OC)c1-c1c2nc(c(-c3ccccc3)c3ccc([n-]3)c(-c3c(NC(=O)[C@H](C)OC)cccc3NC(=O)[C@@H](C)OC)c3nc(c(-c4ccccc4)c4ccc1[n-]4)C=C3)C=C2.[Co+2]. The summed E-state index contributed by atoms with van der Waals surface area (Å²) in [6.45, 7) is 6.58. The minimum Gasteiger partial charge on any atom is -0.657 e. The van der Waals surface area contributed by atoms with Crippen LogP contribution in [0.5, 0.6) is 0 Å². The van der Waals surface area contributed by atoms with E-state index in [9.17, 15) is 19.2 Å². The Kier molecular flexibility index (Phi) is 17.2. The summed E-state index contributed by atoms with van der Waals surface area (Å²) in [6, 6.07) is 37.5. The molecule has 77 heavy (non-hydrogen) atoms. The molecule has 0 spiro atoms. The third-order valence-corrected chi connectivity index (χ3v) is 13.3. The van der Waals surface area contributed by atoms with Crippen LogP contribution in [0.15, 0.2) is 121 Å². The maximum Gasteiger partial charge on any atom is 2.00 e. The summed E-state index contributed by atoms with van der Waals surface area (Å²) in [5, 5.41) is 12.2. The maximum atomic E-state index is 13.7. The van der Waals surface area contributed by atoms with Gasteiger partial charge < -0.3 is 50.2 Å². The van der Waals surface area contributed by atoms with Gasteiger partial charge in [-0.2, -0.15) is 0 Å².